The van der Waals surface area contributed by atoms with Crippen LogP contribution < -0.4 is 5.32 Å². The number of nitrogens with one attached hydrogen (secondary N) is 1. The van der Waals surface area contributed by atoms with Crippen molar-refractivity contribution in [2.24, 2.45) is 0 Å². The molecule has 1 amide bonds. The van der Waals surface area contributed by atoms with E-state index in [4.69, 9.17) is 0 Å². The Labute approximate surface area is 158 Å². The highest BCUT2D eigenvalue weighted by molar-refractivity contribution is 7.98. The van der Waals surface area contributed by atoms with Crippen LogP contribution in [0.1, 0.15) is 39.7 Å². The minimum Gasteiger partial charge on any atom is -0.296 e. The summed E-state index contributed by atoms with van der Waals surface area (Å²) in [6, 6.07) is 9.77. The maximum atomic E-state index is 13.0. The Balaban J connectivity index is 1.45. The van der Waals surface area contributed by atoms with Crippen molar-refractivity contribution in [3.63, 3.8) is 0 Å². The monoisotopic (exact) mass is 386 g/mol. The van der Waals surface area contributed by atoms with Gasteiger partial charge in [-0.15, -0.1) is 22.0 Å². The number of benzene rings is 1. The third-order valence-electron chi connectivity index (χ3n) is 3.89. The van der Waals surface area contributed by atoms with Crippen molar-refractivity contribution in [3.05, 3.63) is 64.5 Å². The lowest BCUT2D eigenvalue weighted by atomic mass is 10.2. The van der Waals surface area contributed by atoms with Crippen molar-refractivity contribution in [2.75, 3.05) is 5.32 Å². The molecule has 132 valence electrons. The van der Waals surface area contributed by atoms with Crippen molar-refractivity contribution in [1.29, 1.82) is 0 Å². The van der Waals surface area contributed by atoms with Crippen LogP contribution in [0.25, 0.3) is 0 Å². The molecule has 0 atom stereocenters. The van der Waals surface area contributed by atoms with E-state index in [1.807, 2.05) is 0 Å². The zero-order chi connectivity index (χ0) is 17.9. The quantitative estimate of drug-likeness (QED) is 0.632. The molecule has 2 aromatic heterocycles. The second kappa shape index (κ2) is 7.51. The molecule has 0 bridgehead atoms. The molecule has 26 heavy (non-hydrogen) atoms. The summed E-state index contributed by atoms with van der Waals surface area (Å²) in [5, 5.41) is 13.1. The van der Waals surface area contributed by atoms with Crippen LogP contribution in [0.5, 0.6) is 0 Å². The molecule has 0 radical (unpaired) electrons. The van der Waals surface area contributed by atoms with Crippen LogP contribution in [-0.4, -0.2) is 21.1 Å². The molecular weight excluding hydrogens is 371 g/mol. The Kier molecular flexibility index (Phi) is 4.94. The highest BCUT2D eigenvalue weighted by Crippen LogP contribution is 2.42. The van der Waals surface area contributed by atoms with E-state index in [2.05, 4.69) is 20.5 Å². The maximum absolute atomic E-state index is 13.0. The lowest BCUT2D eigenvalue weighted by Gasteiger charge is -2.07. The first-order chi connectivity index (χ1) is 12.7. The summed E-state index contributed by atoms with van der Waals surface area (Å²) in [4.78, 5) is 16.9. The summed E-state index contributed by atoms with van der Waals surface area (Å²) in [6.45, 7) is 0. The number of amides is 1. The van der Waals surface area contributed by atoms with Crippen molar-refractivity contribution in [3.8, 4) is 0 Å². The van der Waals surface area contributed by atoms with Gasteiger partial charge in [-0.05, 0) is 42.7 Å². The molecule has 1 saturated carbocycles. The van der Waals surface area contributed by atoms with Crippen LogP contribution in [0.15, 0.2) is 47.6 Å². The SMILES string of the molecule is O=C(Nc1nnc(C2CC2)s1)c1cccnc1SCc1ccc(F)cc1. The van der Waals surface area contributed by atoms with E-state index in [0.29, 0.717) is 27.4 Å². The summed E-state index contributed by atoms with van der Waals surface area (Å²) in [6.07, 6.45) is 3.95. The van der Waals surface area contributed by atoms with Gasteiger partial charge >= 0.3 is 0 Å². The Bertz CT molecular complexity index is 925. The first kappa shape index (κ1) is 17.1. The Morgan fingerprint density at radius 2 is 2.04 bits per heavy atom. The molecule has 0 spiro atoms. The summed E-state index contributed by atoms with van der Waals surface area (Å²) in [5.74, 6) is 0.596. The average Bonchev–Trinajstić information content (AvgIpc) is 3.41. The third-order valence-corrected chi connectivity index (χ3v) is 5.97. The van der Waals surface area contributed by atoms with Crippen molar-refractivity contribution < 1.29 is 9.18 Å². The van der Waals surface area contributed by atoms with Crippen molar-refractivity contribution in [2.45, 2.75) is 29.5 Å². The number of rotatable bonds is 6. The minimum absolute atomic E-state index is 0.252. The van der Waals surface area contributed by atoms with E-state index in [0.717, 1.165) is 23.4 Å². The van der Waals surface area contributed by atoms with E-state index in [-0.39, 0.29) is 11.7 Å². The maximum Gasteiger partial charge on any atom is 0.260 e. The van der Waals surface area contributed by atoms with E-state index in [1.165, 1.54) is 35.2 Å². The largest absolute Gasteiger partial charge is 0.296 e. The van der Waals surface area contributed by atoms with Gasteiger partial charge in [0.2, 0.25) is 5.13 Å². The number of nitrogens with zero attached hydrogens (tertiary/aromatic N) is 3. The molecule has 1 aromatic carbocycles. The van der Waals surface area contributed by atoms with E-state index >= 15 is 0 Å². The number of carbonyl (C=O) groups excluding carboxylic acids is 1. The molecule has 5 nitrogen and oxygen atoms in total. The molecule has 8 heteroatoms. The smallest absolute Gasteiger partial charge is 0.260 e. The number of carbonyl (C=O) groups is 1. The third kappa shape index (κ3) is 4.08. The van der Waals surface area contributed by atoms with Gasteiger partial charge in [0.25, 0.3) is 5.91 Å². The van der Waals surface area contributed by atoms with Crippen LogP contribution >= 0.6 is 23.1 Å². The Morgan fingerprint density at radius 1 is 1.23 bits per heavy atom. The van der Waals surface area contributed by atoms with Gasteiger partial charge in [-0.3, -0.25) is 10.1 Å². The normalized spacial score (nSPS) is 13.6. The highest BCUT2D eigenvalue weighted by Gasteiger charge is 2.28. The molecule has 0 unspecified atom stereocenters. The summed E-state index contributed by atoms with van der Waals surface area (Å²) < 4.78 is 13.0. The summed E-state index contributed by atoms with van der Waals surface area (Å²) >= 11 is 2.86. The van der Waals surface area contributed by atoms with E-state index in [9.17, 15) is 9.18 Å². The molecule has 2 heterocycles. The highest BCUT2D eigenvalue weighted by atomic mass is 32.2. The number of halogens is 1. The molecule has 1 N–H and O–H groups in total. The molecule has 3 aromatic rings. The van der Waals surface area contributed by atoms with Gasteiger partial charge in [-0.1, -0.05) is 23.5 Å². The topological polar surface area (TPSA) is 67.8 Å². The zero-order valence-electron chi connectivity index (χ0n) is 13.7. The van der Waals surface area contributed by atoms with Gasteiger partial charge in [-0.2, -0.15) is 0 Å². The van der Waals surface area contributed by atoms with Gasteiger partial charge < -0.3 is 0 Å². The van der Waals surface area contributed by atoms with Crippen LogP contribution in [0, 0.1) is 5.82 Å². The lowest BCUT2D eigenvalue weighted by Crippen LogP contribution is -2.13. The van der Waals surface area contributed by atoms with Crippen molar-refractivity contribution in [1.82, 2.24) is 15.2 Å². The lowest BCUT2D eigenvalue weighted by molar-refractivity contribution is 0.102. The first-order valence-corrected chi connectivity index (χ1v) is 9.96. The molecule has 0 saturated heterocycles. The van der Waals surface area contributed by atoms with Crippen LogP contribution in [0.3, 0.4) is 0 Å². The number of hydrogen-bond acceptors (Lipinski definition) is 6. The van der Waals surface area contributed by atoms with E-state index < -0.39 is 0 Å². The van der Waals surface area contributed by atoms with E-state index in [1.54, 1.807) is 30.5 Å². The standard InChI is InChI=1S/C18H15FN4OS2/c19-13-7-3-11(4-8-13)10-25-17-14(2-1-9-20-17)15(24)21-18-23-22-16(26-18)12-5-6-12/h1-4,7-9,12H,5-6,10H2,(H,21,23,24). The number of pyridine rings is 1. The fourth-order valence-corrected chi connectivity index (χ4v) is 4.21. The predicted molar refractivity (Wildman–Crippen MR) is 100 cm³/mol. The first-order valence-electron chi connectivity index (χ1n) is 8.16. The second-order valence-corrected chi connectivity index (χ2v) is 7.92. The van der Waals surface area contributed by atoms with Gasteiger partial charge in [0, 0.05) is 17.9 Å². The zero-order valence-corrected chi connectivity index (χ0v) is 15.3. The van der Waals surface area contributed by atoms with Gasteiger partial charge in [0.15, 0.2) is 0 Å². The molecular formula is C18H15FN4OS2. The molecule has 1 aliphatic rings. The molecule has 4 rings (SSSR count). The second-order valence-electron chi connectivity index (χ2n) is 5.95. The predicted octanol–water partition coefficient (Wildman–Crippen LogP) is 4.49. The Morgan fingerprint density at radius 3 is 2.81 bits per heavy atom. The molecule has 1 fully saturated rings. The number of thioether (sulfide) groups is 1. The van der Waals surface area contributed by atoms with Gasteiger partial charge in [0.05, 0.1) is 5.56 Å². The van der Waals surface area contributed by atoms with Crippen LogP contribution in [0.2, 0.25) is 0 Å². The van der Waals surface area contributed by atoms with Gasteiger partial charge in [0.1, 0.15) is 15.9 Å². The summed E-state index contributed by atoms with van der Waals surface area (Å²) in [7, 11) is 0. The minimum atomic E-state index is -0.265. The summed E-state index contributed by atoms with van der Waals surface area (Å²) in [5.41, 5.74) is 1.45. The number of anilines is 1. The van der Waals surface area contributed by atoms with Crippen molar-refractivity contribution >= 4 is 34.1 Å². The van der Waals surface area contributed by atoms with Crippen LogP contribution in [-0.2, 0) is 5.75 Å². The number of hydrogen-bond donors (Lipinski definition) is 1. The van der Waals surface area contributed by atoms with Crippen LogP contribution in [0.4, 0.5) is 9.52 Å². The number of aromatic nitrogens is 3. The Hall–Kier alpha value is -2.32. The van der Waals surface area contributed by atoms with Gasteiger partial charge in [-0.25, -0.2) is 9.37 Å². The fourth-order valence-electron chi connectivity index (χ4n) is 2.36. The average molecular weight is 386 g/mol. The molecule has 1 aliphatic carbocycles. The fraction of sp³-hybridized carbons (Fsp3) is 0.222. The molecule has 0 aliphatic heterocycles.